The monoisotopic (exact) mass is 476 g/mol. The number of aliphatic imine (C=N–C) groups is 1. The molecule has 2 amide bonds. The Morgan fingerprint density at radius 2 is 1.50 bits per heavy atom. The number of hydrogen-bond acceptors (Lipinski definition) is 5. The van der Waals surface area contributed by atoms with Gasteiger partial charge in [-0.15, -0.1) is 0 Å². The number of nitrogens with zero attached hydrogens (tertiary/aromatic N) is 2. The fourth-order valence-corrected chi connectivity index (χ4v) is 4.46. The van der Waals surface area contributed by atoms with Crippen molar-refractivity contribution < 1.29 is 19.1 Å². The third-order valence-corrected chi connectivity index (χ3v) is 6.24. The molecule has 1 heterocycles. The number of ether oxygens (including phenoxy) is 1. The number of amides is 2. The van der Waals surface area contributed by atoms with Crippen LogP contribution in [0.15, 0.2) is 96.0 Å². The zero-order chi connectivity index (χ0) is 25.1. The second-order valence-corrected chi connectivity index (χ2v) is 8.49. The minimum Gasteiger partial charge on any atom is -0.464 e. The molecule has 6 nitrogen and oxygen atoms in total. The summed E-state index contributed by atoms with van der Waals surface area (Å²) >= 11 is 0. The van der Waals surface area contributed by atoms with E-state index in [4.69, 9.17) is 4.74 Å². The standard InChI is InChI=1S/C30H24N2O4/c1-2-36-30(35)27(32-28(33)25-12-5-6-13-26(25)29(32)34)18-20-14-16-23(17-15-20)31-19-22-10-7-9-21-8-3-4-11-24(21)22/h3-17,19,27H,2,18H2,1H3/t27-/m0/s1. The molecule has 6 heteroatoms. The number of esters is 1. The van der Waals surface area contributed by atoms with Crippen LogP contribution in [0.5, 0.6) is 0 Å². The molecule has 0 fully saturated rings. The normalized spacial score (nSPS) is 13.9. The van der Waals surface area contributed by atoms with Crippen molar-refractivity contribution in [3.8, 4) is 0 Å². The van der Waals surface area contributed by atoms with E-state index in [-0.39, 0.29) is 13.0 Å². The molecule has 4 aromatic rings. The molecule has 1 aliphatic rings. The molecule has 1 aliphatic heterocycles. The lowest BCUT2D eigenvalue weighted by Crippen LogP contribution is -2.47. The van der Waals surface area contributed by atoms with E-state index in [2.05, 4.69) is 23.2 Å². The smallest absolute Gasteiger partial charge is 0.329 e. The van der Waals surface area contributed by atoms with Gasteiger partial charge in [0.15, 0.2) is 0 Å². The predicted octanol–water partition coefficient (Wildman–Crippen LogP) is 5.36. The van der Waals surface area contributed by atoms with Crippen molar-refractivity contribution >= 4 is 40.5 Å². The quantitative estimate of drug-likeness (QED) is 0.204. The van der Waals surface area contributed by atoms with Crippen LogP contribution in [0.1, 0.15) is 38.8 Å². The molecule has 0 N–H and O–H groups in total. The highest BCUT2D eigenvalue weighted by molar-refractivity contribution is 6.22. The Labute approximate surface area is 208 Å². The molecule has 4 aromatic carbocycles. The molecule has 0 radical (unpaired) electrons. The van der Waals surface area contributed by atoms with E-state index in [0.29, 0.717) is 11.1 Å². The lowest BCUT2D eigenvalue weighted by atomic mass is 10.0. The summed E-state index contributed by atoms with van der Waals surface area (Å²) in [7, 11) is 0. The zero-order valence-corrected chi connectivity index (χ0v) is 19.8. The van der Waals surface area contributed by atoms with Gasteiger partial charge in [0.1, 0.15) is 6.04 Å². The molecule has 0 bridgehead atoms. The number of carbonyl (C=O) groups is 3. The van der Waals surface area contributed by atoms with E-state index >= 15 is 0 Å². The fraction of sp³-hybridized carbons (Fsp3) is 0.133. The minimum atomic E-state index is -1.05. The summed E-state index contributed by atoms with van der Waals surface area (Å²) in [5.74, 6) is -1.57. The Morgan fingerprint density at radius 1 is 0.861 bits per heavy atom. The summed E-state index contributed by atoms with van der Waals surface area (Å²) in [6.45, 7) is 1.85. The fourth-order valence-electron chi connectivity index (χ4n) is 4.46. The molecule has 1 atom stereocenters. The van der Waals surface area contributed by atoms with E-state index in [1.807, 2.05) is 54.7 Å². The van der Waals surface area contributed by atoms with E-state index in [0.717, 1.165) is 32.5 Å². The van der Waals surface area contributed by atoms with Gasteiger partial charge in [-0.25, -0.2) is 4.79 Å². The van der Waals surface area contributed by atoms with Gasteiger partial charge in [0.25, 0.3) is 11.8 Å². The highest BCUT2D eigenvalue weighted by atomic mass is 16.5. The van der Waals surface area contributed by atoms with Crippen LogP contribution in [0.2, 0.25) is 0 Å². The maximum absolute atomic E-state index is 13.0. The van der Waals surface area contributed by atoms with Crippen molar-refractivity contribution in [2.24, 2.45) is 4.99 Å². The first-order valence-electron chi connectivity index (χ1n) is 11.8. The number of fused-ring (bicyclic) bond motifs is 2. The number of imide groups is 1. The highest BCUT2D eigenvalue weighted by Gasteiger charge is 2.43. The Bertz CT molecular complexity index is 1450. The van der Waals surface area contributed by atoms with Gasteiger partial charge in [0.2, 0.25) is 0 Å². The lowest BCUT2D eigenvalue weighted by Gasteiger charge is -2.24. The molecule has 0 unspecified atom stereocenters. The molecule has 36 heavy (non-hydrogen) atoms. The third kappa shape index (κ3) is 4.41. The van der Waals surface area contributed by atoms with Crippen LogP contribution in [-0.2, 0) is 16.0 Å². The first-order chi connectivity index (χ1) is 17.6. The van der Waals surface area contributed by atoms with Gasteiger partial charge in [0, 0.05) is 18.2 Å². The average molecular weight is 477 g/mol. The van der Waals surface area contributed by atoms with E-state index in [1.165, 1.54) is 0 Å². The Morgan fingerprint density at radius 3 is 2.19 bits per heavy atom. The van der Waals surface area contributed by atoms with Gasteiger partial charge >= 0.3 is 5.97 Å². The largest absolute Gasteiger partial charge is 0.464 e. The van der Waals surface area contributed by atoms with E-state index < -0.39 is 23.8 Å². The first kappa shape index (κ1) is 23.2. The van der Waals surface area contributed by atoms with E-state index in [9.17, 15) is 14.4 Å². The maximum Gasteiger partial charge on any atom is 0.329 e. The first-order valence-corrected chi connectivity index (χ1v) is 11.8. The second-order valence-electron chi connectivity index (χ2n) is 8.49. The topological polar surface area (TPSA) is 76.0 Å². The number of carbonyl (C=O) groups excluding carboxylic acids is 3. The summed E-state index contributed by atoms with van der Waals surface area (Å²) in [6.07, 6.45) is 1.98. The Balaban J connectivity index is 1.37. The molecule has 0 saturated heterocycles. The summed E-state index contributed by atoms with van der Waals surface area (Å²) in [4.78, 5) is 44.4. The molecule has 0 aromatic heterocycles. The van der Waals surface area contributed by atoms with Crippen LogP contribution in [0.3, 0.4) is 0 Å². The lowest BCUT2D eigenvalue weighted by molar-refractivity contribution is -0.147. The van der Waals surface area contributed by atoms with Gasteiger partial charge in [-0.2, -0.15) is 0 Å². The number of hydrogen-bond donors (Lipinski definition) is 0. The molecule has 0 aliphatic carbocycles. The van der Waals surface area contributed by atoms with Crippen LogP contribution in [0.4, 0.5) is 5.69 Å². The Kier molecular flexibility index (Phi) is 6.41. The third-order valence-electron chi connectivity index (χ3n) is 6.24. The van der Waals surface area contributed by atoms with Crippen molar-refractivity contribution in [3.63, 3.8) is 0 Å². The van der Waals surface area contributed by atoms with Crippen LogP contribution in [0.25, 0.3) is 10.8 Å². The van der Waals surface area contributed by atoms with Crippen LogP contribution in [0, 0.1) is 0 Å². The highest BCUT2D eigenvalue weighted by Crippen LogP contribution is 2.27. The second kappa shape index (κ2) is 9.96. The molecular weight excluding hydrogens is 452 g/mol. The summed E-state index contributed by atoms with van der Waals surface area (Å²) < 4.78 is 5.22. The molecule has 5 rings (SSSR count). The molecule has 0 saturated carbocycles. The van der Waals surface area contributed by atoms with E-state index in [1.54, 1.807) is 31.2 Å². The van der Waals surface area contributed by atoms with Crippen molar-refractivity contribution in [3.05, 3.63) is 113 Å². The van der Waals surface area contributed by atoms with Crippen LogP contribution in [-0.4, -0.2) is 41.5 Å². The van der Waals surface area contributed by atoms with Crippen LogP contribution >= 0.6 is 0 Å². The molecular formula is C30H24N2O4. The van der Waals surface area contributed by atoms with Crippen molar-refractivity contribution in [2.75, 3.05) is 6.61 Å². The SMILES string of the molecule is CCOC(=O)[C@H](Cc1ccc(N=Cc2cccc3ccccc23)cc1)N1C(=O)c2ccccc2C1=O. The van der Waals surface area contributed by atoms with Gasteiger partial charge < -0.3 is 4.74 Å². The predicted molar refractivity (Wildman–Crippen MR) is 139 cm³/mol. The number of benzene rings is 4. The molecule has 178 valence electrons. The van der Waals surface area contributed by atoms with Crippen molar-refractivity contribution in [1.82, 2.24) is 4.90 Å². The van der Waals surface area contributed by atoms with Crippen molar-refractivity contribution in [2.45, 2.75) is 19.4 Å². The van der Waals surface area contributed by atoms with Crippen molar-refractivity contribution in [1.29, 1.82) is 0 Å². The zero-order valence-electron chi connectivity index (χ0n) is 19.8. The van der Waals surface area contributed by atoms with Gasteiger partial charge in [-0.05, 0) is 47.5 Å². The summed E-state index contributed by atoms with van der Waals surface area (Å²) in [5.41, 5.74) is 3.16. The number of rotatable bonds is 7. The maximum atomic E-state index is 13.0. The van der Waals surface area contributed by atoms with Crippen LogP contribution < -0.4 is 0 Å². The van der Waals surface area contributed by atoms with Gasteiger partial charge in [-0.3, -0.25) is 19.5 Å². The van der Waals surface area contributed by atoms with Gasteiger partial charge in [-0.1, -0.05) is 66.7 Å². The summed E-state index contributed by atoms with van der Waals surface area (Å²) in [6, 6.07) is 27.2. The molecule has 0 spiro atoms. The van der Waals surface area contributed by atoms with Gasteiger partial charge in [0.05, 0.1) is 23.4 Å². The summed E-state index contributed by atoms with van der Waals surface area (Å²) in [5, 5.41) is 2.27. The minimum absolute atomic E-state index is 0.150. The Hall–Kier alpha value is -4.58. The average Bonchev–Trinajstić information content (AvgIpc) is 3.16.